The summed E-state index contributed by atoms with van der Waals surface area (Å²) in [5, 5.41) is 0.690. The molecule has 130 valence electrons. The van der Waals surface area contributed by atoms with Crippen LogP contribution in [0.25, 0.3) is 11.0 Å². The largest absolute Gasteiger partial charge is 0.440 e. The summed E-state index contributed by atoms with van der Waals surface area (Å²) in [5.41, 5.74) is 4.04. The van der Waals surface area contributed by atoms with Crippen LogP contribution >= 0.6 is 15.9 Å². The summed E-state index contributed by atoms with van der Waals surface area (Å²) in [6.45, 7) is 12.5. The van der Waals surface area contributed by atoms with Crippen LogP contribution in [0, 0.1) is 19.3 Å². The van der Waals surface area contributed by atoms with Gasteiger partial charge in [0.05, 0.1) is 10.9 Å². The highest BCUT2D eigenvalue weighted by atomic mass is 79.9. The highest BCUT2D eigenvalue weighted by molar-refractivity contribution is 9.09. The molecule has 1 atom stereocenters. The molecule has 0 saturated carbocycles. The average Bonchev–Trinajstić information content (AvgIpc) is 2.51. The third-order valence-corrected chi connectivity index (χ3v) is 5.69. The van der Waals surface area contributed by atoms with E-state index in [2.05, 4.69) is 47.7 Å². The normalized spacial score (nSPS) is 18.8. The van der Waals surface area contributed by atoms with Gasteiger partial charge in [-0.1, -0.05) is 35.8 Å². The van der Waals surface area contributed by atoms with Gasteiger partial charge in [0.25, 0.3) is 0 Å². The van der Waals surface area contributed by atoms with Gasteiger partial charge < -0.3 is 9.32 Å². The van der Waals surface area contributed by atoms with Crippen molar-refractivity contribution in [2.45, 2.75) is 52.3 Å². The molecular formula is C20H26BrNO2. The molecule has 1 saturated heterocycles. The van der Waals surface area contributed by atoms with Crippen molar-refractivity contribution in [3.05, 3.63) is 39.0 Å². The number of benzene rings is 1. The van der Waals surface area contributed by atoms with Gasteiger partial charge in [-0.25, -0.2) is 0 Å². The Morgan fingerprint density at radius 3 is 2.42 bits per heavy atom. The average molecular weight is 392 g/mol. The van der Waals surface area contributed by atoms with E-state index >= 15 is 0 Å². The van der Waals surface area contributed by atoms with Crippen LogP contribution < -0.4 is 10.3 Å². The lowest BCUT2D eigenvalue weighted by molar-refractivity contribution is 0.274. The number of fused-ring (bicyclic) bond motifs is 1. The molecule has 0 bridgehead atoms. The Bertz CT molecular complexity index is 826. The van der Waals surface area contributed by atoms with Crippen molar-refractivity contribution in [1.82, 2.24) is 0 Å². The van der Waals surface area contributed by atoms with Gasteiger partial charge in [0.15, 0.2) is 5.43 Å². The molecule has 3 nitrogen and oxygen atoms in total. The Balaban J connectivity index is 2.17. The van der Waals surface area contributed by atoms with E-state index in [1.165, 1.54) is 0 Å². The van der Waals surface area contributed by atoms with Crippen molar-refractivity contribution in [1.29, 1.82) is 0 Å². The van der Waals surface area contributed by atoms with Crippen LogP contribution in [0.15, 0.2) is 21.3 Å². The zero-order chi connectivity index (χ0) is 17.6. The molecule has 1 aliphatic rings. The Labute approximate surface area is 152 Å². The molecule has 1 aromatic heterocycles. The molecule has 2 aromatic rings. The minimum atomic E-state index is 0.0918. The zero-order valence-corrected chi connectivity index (χ0v) is 16.8. The first-order chi connectivity index (χ1) is 11.2. The number of aryl methyl sites for hydroxylation is 1. The molecule has 1 fully saturated rings. The second kappa shape index (κ2) is 6.21. The van der Waals surface area contributed by atoms with E-state index in [0.29, 0.717) is 10.8 Å². The molecule has 3 rings (SSSR count). The molecule has 2 heterocycles. The van der Waals surface area contributed by atoms with Crippen LogP contribution in [0.5, 0.6) is 0 Å². The number of hydrogen-bond donors (Lipinski definition) is 0. The van der Waals surface area contributed by atoms with E-state index < -0.39 is 0 Å². The van der Waals surface area contributed by atoms with Crippen molar-refractivity contribution in [2.24, 2.45) is 5.41 Å². The van der Waals surface area contributed by atoms with Gasteiger partial charge in [0.2, 0.25) is 5.88 Å². The first-order valence-corrected chi connectivity index (χ1v) is 9.58. The fourth-order valence-corrected chi connectivity index (χ4v) is 3.81. The summed E-state index contributed by atoms with van der Waals surface area (Å²) < 4.78 is 6.32. The summed E-state index contributed by atoms with van der Waals surface area (Å²) in [6, 6.07) is 4.04. The van der Waals surface area contributed by atoms with Gasteiger partial charge in [0, 0.05) is 23.5 Å². The van der Waals surface area contributed by atoms with Crippen LogP contribution in [0.3, 0.4) is 0 Å². The van der Waals surface area contributed by atoms with Gasteiger partial charge in [-0.15, -0.1) is 0 Å². The van der Waals surface area contributed by atoms with Crippen LogP contribution in [0.1, 0.15) is 55.1 Å². The van der Waals surface area contributed by atoms with Crippen LogP contribution in [0.2, 0.25) is 0 Å². The lowest BCUT2D eigenvalue weighted by Crippen LogP contribution is -2.38. The molecule has 0 aliphatic carbocycles. The molecule has 4 heteroatoms. The lowest BCUT2D eigenvalue weighted by atomic mass is 9.82. The summed E-state index contributed by atoms with van der Waals surface area (Å²) >= 11 is 3.64. The Hall–Kier alpha value is -1.29. The highest BCUT2D eigenvalue weighted by Crippen LogP contribution is 2.36. The highest BCUT2D eigenvalue weighted by Gasteiger charge is 2.28. The van der Waals surface area contributed by atoms with E-state index in [4.69, 9.17) is 4.42 Å². The minimum absolute atomic E-state index is 0.0918. The second-order valence-electron chi connectivity index (χ2n) is 7.86. The van der Waals surface area contributed by atoms with E-state index in [9.17, 15) is 4.79 Å². The zero-order valence-electron chi connectivity index (χ0n) is 15.2. The molecule has 1 unspecified atom stereocenters. The summed E-state index contributed by atoms with van der Waals surface area (Å²) in [7, 11) is 0. The number of halogens is 1. The van der Waals surface area contributed by atoms with Gasteiger partial charge in [-0.05, 0) is 50.7 Å². The third kappa shape index (κ3) is 3.13. The van der Waals surface area contributed by atoms with Gasteiger partial charge in [0.1, 0.15) is 5.58 Å². The van der Waals surface area contributed by atoms with Crippen molar-refractivity contribution >= 4 is 32.8 Å². The predicted octanol–water partition coefficient (Wildman–Crippen LogP) is 5.49. The molecule has 0 spiro atoms. The third-order valence-electron chi connectivity index (χ3n) is 5.20. The van der Waals surface area contributed by atoms with Crippen molar-refractivity contribution in [3.8, 4) is 0 Å². The lowest BCUT2D eigenvalue weighted by Gasteiger charge is -2.37. The summed E-state index contributed by atoms with van der Waals surface area (Å²) in [5.74, 6) is 0.751. The van der Waals surface area contributed by atoms with Crippen molar-refractivity contribution < 1.29 is 4.42 Å². The quantitative estimate of drug-likeness (QED) is 0.634. The maximum absolute atomic E-state index is 12.9. The van der Waals surface area contributed by atoms with Crippen LogP contribution in [-0.4, -0.2) is 13.1 Å². The van der Waals surface area contributed by atoms with E-state index in [-0.39, 0.29) is 10.3 Å². The molecule has 1 aliphatic heterocycles. The standard InChI is InChI=1S/C20H26BrNO2/c1-12-10-15(14(3)21)18-16(11-12)17(23)13(2)19(24-18)22-8-6-20(4,5)7-9-22/h10-11,14H,6-9H2,1-5H3. The van der Waals surface area contributed by atoms with E-state index in [1.807, 2.05) is 19.9 Å². The number of piperidine rings is 1. The second-order valence-corrected chi connectivity index (χ2v) is 9.23. The first-order valence-electron chi connectivity index (χ1n) is 8.66. The van der Waals surface area contributed by atoms with Gasteiger partial charge in [-0.3, -0.25) is 4.79 Å². The number of hydrogen-bond acceptors (Lipinski definition) is 3. The van der Waals surface area contributed by atoms with Gasteiger partial charge >= 0.3 is 0 Å². The van der Waals surface area contributed by atoms with E-state index in [1.54, 1.807) is 0 Å². The number of anilines is 1. The fraction of sp³-hybridized carbons (Fsp3) is 0.550. The summed E-state index contributed by atoms with van der Waals surface area (Å²) in [6.07, 6.45) is 2.23. The van der Waals surface area contributed by atoms with Crippen LogP contribution in [-0.2, 0) is 0 Å². The number of nitrogens with zero attached hydrogens (tertiary/aromatic N) is 1. The molecule has 0 radical (unpaired) electrons. The van der Waals surface area contributed by atoms with Crippen molar-refractivity contribution in [3.63, 3.8) is 0 Å². The molecule has 24 heavy (non-hydrogen) atoms. The van der Waals surface area contributed by atoms with Crippen molar-refractivity contribution in [2.75, 3.05) is 18.0 Å². The maximum Gasteiger partial charge on any atom is 0.202 e. The molecular weight excluding hydrogens is 366 g/mol. The number of rotatable bonds is 2. The van der Waals surface area contributed by atoms with E-state index in [0.717, 1.165) is 54.1 Å². The predicted molar refractivity (Wildman–Crippen MR) is 105 cm³/mol. The Morgan fingerprint density at radius 1 is 1.21 bits per heavy atom. The number of alkyl halides is 1. The first kappa shape index (κ1) is 17.5. The fourth-order valence-electron chi connectivity index (χ4n) is 3.47. The topological polar surface area (TPSA) is 33.5 Å². The molecule has 1 aromatic carbocycles. The Kier molecular flexibility index (Phi) is 4.54. The van der Waals surface area contributed by atoms with Crippen LogP contribution in [0.4, 0.5) is 5.88 Å². The van der Waals surface area contributed by atoms with Gasteiger partial charge in [-0.2, -0.15) is 0 Å². The molecule has 0 amide bonds. The molecule has 0 N–H and O–H groups in total. The maximum atomic E-state index is 12.9. The summed E-state index contributed by atoms with van der Waals surface area (Å²) in [4.78, 5) is 15.3. The smallest absolute Gasteiger partial charge is 0.202 e. The SMILES string of the molecule is Cc1cc(C(C)Br)c2oc(N3CCC(C)(C)CC3)c(C)c(=O)c2c1. The minimum Gasteiger partial charge on any atom is -0.440 e. The Morgan fingerprint density at radius 2 is 1.83 bits per heavy atom. The monoisotopic (exact) mass is 391 g/mol.